The van der Waals surface area contributed by atoms with Crippen LogP contribution in [0, 0.1) is 0 Å². The summed E-state index contributed by atoms with van der Waals surface area (Å²) in [6.45, 7) is 3.48. The lowest BCUT2D eigenvalue weighted by Crippen LogP contribution is -2.46. The zero-order valence-electron chi connectivity index (χ0n) is 13.3. The highest BCUT2D eigenvalue weighted by atomic mass is 32.1. The van der Waals surface area contributed by atoms with Gasteiger partial charge in [0, 0.05) is 17.5 Å². The average Bonchev–Trinajstić information content (AvgIpc) is 3.23. The van der Waals surface area contributed by atoms with Crippen LogP contribution < -0.4 is 0 Å². The lowest BCUT2D eigenvalue weighted by Gasteiger charge is -2.36. The molecule has 1 aliphatic rings. The van der Waals surface area contributed by atoms with Crippen LogP contribution in [-0.4, -0.2) is 56.6 Å². The Kier molecular flexibility index (Phi) is 6.15. The van der Waals surface area contributed by atoms with E-state index in [9.17, 15) is 5.11 Å². The van der Waals surface area contributed by atoms with Gasteiger partial charge in [0.05, 0.1) is 25.9 Å². The van der Waals surface area contributed by atoms with E-state index in [1.165, 1.54) is 17.7 Å². The van der Waals surface area contributed by atoms with E-state index >= 15 is 0 Å². The molecule has 1 fully saturated rings. The average molecular weight is 336 g/mol. The molecule has 0 aliphatic carbocycles. The van der Waals surface area contributed by atoms with Gasteiger partial charge in [-0.1, -0.05) is 12.5 Å². The van der Waals surface area contributed by atoms with E-state index in [1.54, 1.807) is 24.0 Å². The number of piperidine rings is 1. The zero-order valence-corrected chi connectivity index (χ0v) is 14.1. The van der Waals surface area contributed by atoms with Gasteiger partial charge >= 0.3 is 0 Å². The van der Waals surface area contributed by atoms with E-state index in [2.05, 4.69) is 21.0 Å². The molecule has 2 aromatic rings. The highest BCUT2D eigenvalue weighted by Gasteiger charge is 2.25. The van der Waals surface area contributed by atoms with Crippen LogP contribution in [0.3, 0.4) is 0 Å². The van der Waals surface area contributed by atoms with Crippen LogP contribution in [0.5, 0.6) is 0 Å². The van der Waals surface area contributed by atoms with Gasteiger partial charge in [0.15, 0.2) is 0 Å². The Labute approximate surface area is 140 Å². The minimum absolute atomic E-state index is 0.379. The topological polar surface area (TPSA) is 63.4 Å². The molecule has 1 saturated heterocycles. The second-order valence-electron chi connectivity index (χ2n) is 6.01. The van der Waals surface area contributed by atoms with Gasteiger partial charge in [0.1, 0.15) is 12.7 Å². The number of aliphatic hydroxyl groups is 1. The number of β-amino-alcohol motifs (C(OH)–C–C–N with tert-alkyl or cyclic N) is 1. The summed E-state index contributed by atoms with van der Waals surface area (Å²) >= 11 is 1.68. The van der Waals surface area contributed by atoms with Gasteiger partial charge in [0.2, 0.25) is 0 Å². The Balaban J connectivity index is 1.44. The first-order valence-corrected chi connectivity index (χ1v) is 9.04. The molecule has 3 rings (SSSR count). The van der Waals surface area contributed by atoms with E-state index in [0.717, 1.165) is 19.5 Å². The minimum Gasteiger partial charge on any atom is -0.389 e. The van der Waals surface area contributed by atoms with Crippen LogP contribution in [0.1, 0.15) is 24.1 Å². The third-order valence-electron chi connectivity index (χ3n) is 4.19. The first kappa shape index (κ1) is 16.6. The number of ether oxygens (including phenoxy) is 1. The lowest BCUT2D eigenvalue weighted by atomic mass is 10.0. The smallest absolute Gasteiger partial charge is 0.137 e. The molecule has 2 aromatic heterocycles. The molecule has 7 heteroatoms. The fourth-order valence-corrected chi connectivity index (χ4v) is 3.70. The summed E-state index contributed by atoms with van der Waals surface area (Å²) in [5.41, 5.74) is 0. The summed E-state index contributed by atoms with van der Waals surface area (Å²) in [4.78, 5) is 7.56. The predicted molar refractivity (Wildman–Crippen MR) is 89.2 cm³/mol. The van der Waals surface area contributed by atoms with Gasteiger partial charge in [-0.15, -0.1) is 11.3 Å². The van der Waals surface area contributed by atoms with E-state index in [4.69, 9.17) is 4.74 Å². The molecule has 126 valence electrons. The van der Waals surface area contributed by atoms with Gasteiger partial charge in [-0.05, 0) is 30.8 Å². The number of aliphatic hydroxyl groups excluding tert-OH is 1. The SMILES string of the molecule is O[C@H](COCc1cccs1)CN1CCCC[C@@H]1Cn1cncn1. The number of likely N-dealkylation sites (tertiary alicyclic amines) is 1. The van der Waals surface area contributed by atoms with Crippen LogP contribution in [0.25, 0.3) is 0 Å². The monoisotopic (exact) mass is 336 g/mol. The molecule has 0 saturated carbocycles. The normalized spacial score (nSPS) is 20.7. The summed E-state index contributed by atoms with van der Waals surface area (Å²) in [6, 6.07) is 4.48. The molecule has 0 spiro atoms. The first-order chi connectivity index (χ1) is 11.3. The number of hydrogen-bond donors (Lipinski definition) is 1. The van der Waals surface area contributed by atoms with Crippen LogP contribution in [-0.2, 0) is 17.9 Å². The third kappa shape index (κ3) is 5.10. The van der Waals surface area contributed by atoms with Crippen molar-refractivity contribution < 1.29 is 9.84 Å². The maximum atomic E-state index is 10.3. The molecule has 1 aliphatic heterocycles. The van der Waals surface area contributed by atoms with E-state index in [1.807, 2.05) is 16.1 Å². The van der Waals surface area contributed by atoms with E-state index in [0.29, 0.717) is 25.8 Å². The number of hydrogen-bond acceptors (Lipinski definition) is 6. The van der Waals surface area contributed by atoms with Crippen molar-refractivity contribution in [3.05, 3.63) is 35.0 Å². The van der Waals surface area contributed by atoms with E-state index < -0.39 is 6.10 Å². The fraction of sp³-hybridized carbons (Fsp3) is 0.625. The molecule has 6 nitrogen and oxygen atoms in total. The van der Waals surface area contributed by atoms with E-state index in [-0.39, 0.29) is 0 Å². The van der Waals surface area contributed by atoms with Crippen molar-refractivity contribution in [2.75, 3.05) is 19.7 Å². The quantitative estimate of drug-likeness (QED) is 0.796. The molecule has 23 heavy (non-hydrogen) atoms. The molecule has 0 amide bonds. The number of rotatable bonds is 8. The zero-order chi connectivity index (χ0) is 15.9. The van der Waals surface area contributed by atoms with Crippen LogP contribution in [0.15, 0.2) is 30.2 Å². The second-order valence-corrected chi connectivity index (χ2v) is 7.04. The largest absolute Gasteiger partial charge is 0.389 e. The third-order valence-corrected chi connectivity index (χ3v) is 5.04. The highest BCUT2D eigenvalue weighted by Crippen LogP contribution is 2.19. The summed E-state index contributed by atoms with van der Waals surface area (Å²) in [5.74, 6) is 0. The van der Waals surface area contributed by atoms with Crippen molar-refractivity contribution in [3.8, 4) is 0 Å². The van der Waals surface area contributed by atoms with Crippen LogP contribution in [0.2, 0.25) is 0 Å². The van der Waals surface area contributed by atoms with Gasteiger partial charge in [-0.3, -0.25) is 9.58 Å². The number of thiophene rings is 1. The fourth-order valence-electron chi connectivity index (χ4n) is 3.06. The summed E-state index contributed by atoms with van der Waals surface area (Å²) < 4.78 is 7.51. The summed E-state index contributed by atoms with van der Waals surface area (Å²) in [6.07, 6.45) is 6.44. The van der Waals surface area contributed by atoms with Gasteiger partial charge in [-0.2, -0.15) is 5.10 Å². The second kappa shape index (κ2) is 8.54. The van der Waals surface area contributed by atoms with Crippen LogP contribution >= 0.6 is 11.3 Å². The number of aromatic nitrogens is 3. The van der Waals surface area contributed by atoms with Crippen molar-refractivity contribution in [2.45, 2.75) is 44.6 Å². The molecule has 0 radical (unpaired) electrons. The van der Waals surface area contributed by atoms with Gasteiger partial charge in [-0.25, -0.2) is 4.98 Å². The molecule has 1 N–H and O–H groups in total. The maximum absolute atomic E-state index is 10.3. The van der Waals surface area contributed by atoms with Crippen molar-refractivity contribution >= 4 is 11.3 Å². The molecule has 2 atom stereocenters. The Morgan fingerprint density at radius 2 is 2.39 bits per heavy atom. The molecule has 3 heterocycles. The number of nitrogens with zero attached hydrogens (tertiary/aromatic N) is 4. The predicted octanol–water partition coefficient (Wildman–Crippen LogP) is 1.77. The highest BCUT2D eigenvalue weighted by molar-refractivity contribution is 7.09. The molecular weight excluding hydrogens is 312 g/mol. The van der Waals surface area contributed by atoms with Crippen molar-refractivity contribution in [2.24, 2.45) is 0 Å². The summed E-state index contributed by atoms with van der Waals surface area (Å²) in [5, 5.41) is 16.5. The summed E-state index contributed by atoms with van der Waals surface area (Å²) in [7, 11) is 0. The molecule has 0 aromatic carbocycles. The van der Waals surface area contributed by atoms with Crippen molar-refractivity contribution in [3.63, 3.8) is 0 Å². The molecular formula is C16H24N4O2S. The standard InChI is InChI=1S/C16H24N4O2S/c21-15(10-22-11-16-5-3-7-23-16)9-19-6-2-1-4-14(19)8-20-13-17-12-18-20/h3,5,7,12-15,21H,1-2,4,6,8-11H2/t14-,15+/m1/s1. The Morgan fingerprint density at radius 3 is 3.17 bits per heavy atom. The van der Waals surface area contributed by atoms with Crippen molar-refractivity contribution in [1.29, 1.82) is 0 Å². The Hall–Kier alpha value is -1.28. The molecule has 0 bridgehead atoms. The van der Waals surface area contributed by atoms with Crippen LogP contribution in [0.4, 0.5) is 0 Å². The first-order valence-electron chi connectivity index (χ1n) is 8.16. The van der Waals surface area contributed by atoms with Gasteiger partial charge in [0.25, 0.3) is 0 Å². The lowest BCUT2D eigenvalue weighted by molar-refractivity contribution is -0.00512. The van der Waals surface area contributed by atoms with Crippen molar-refractivity contribution in [1.82, 2.24) is 19.7 Å². The van der Waals surface area contributed by atoms with Gasteiger partial charge < -0.3 is 9.84 Å². The molecule has 0 unspecified atom stereocenters. The Bertz CT molecular complexity index is 546. The minimum atomic E-state index is -0.452. The maximum Gasteiger partial charge on any atom is 0.137 e. The Morgan fingerprint density at radius 1 is 1.43 bits per heavy atom.